The number of aromatic hydroxyl groups is 1. The number of rotatable bonds is 7. The Bertz CT molecular complexity index is 1040. The molecule has 0 spiro atoms. The Morgan fingerprint density at radius 1 is 1.00 bits per heavy atom. The second-order valence-electron chi connectivity index (χ2n) is 7.71. The van der Waals surface area contributed by atoms with E-state index in [-0.39, 0.29) is 17.5 Å². The van der Waals surface area contributed by atoms with Crippen LogP contribution in [0.3, 0.4) is 0 Å². The van der Waals surface area contributed by atoms with Gasteiger partial charge in [0.15, 0.2) is 5.75 Å². The number of phenolic OH excluding ortho intramolecular Hbond substituents is 1. The van der Waals surface area contributed by atoms with E-state index < -0.39 is 0 Å². The van der Waals surface area contributed by atoms with Crippen molar-refractivity contribution in [2.24, 2.45) is 0 Å². The van der Waals surface area contributed by atoms with Crippen molar-refractivity contribution < 1.29 is 14.6 Å². The molecule has 0 radical (unpaired) electrons. The van der Waals surface area contributed by atoms with E-state index in [1.165, 1.54) is 0 Å². The van der Waals surface area contributed by atoms with Crippen LogP contribution in [0.5, 0.6) is 17.2 Å². The molecular weight excluding hydrogens is 508 g/mol. The zero-order valence-corrected chi connectivity index (χ0v) is 20.4. The smallest absolute Gasteiger partial charge is 0.155 e. The van der Waals surface area contributed by atoms with Gasteiger partial charge in [-0.25, -0.2) is 0 Å². The standard InChI is InChI=1S/C25H24Br2O3/c1-15(2)20-14-24(19(13-23(20)29)10-17-7-5-4-6-8-17)30-25-21(26)11-18(9-16(3)28)12-22(25)27/h4-8,11-15,29H,9-10H2,1-3H3. The van der Waals surface area contributed by atoms with Gasteiger partial charge in [0, 0.05) is 24.0 Å². The number of ether oxygens (including phenoxy) is 1. The Hall–Kier alpha value is -2.11. The zero-order valence-electron chi connectivity index (χ0n) is 17.2. The molecular formula is C25H24Br2O3. The molecule has 30 heavy (non-hydrogen) atoms. The molecule has 3 rings (SSSR count). The Morgan fingerprint density at radius 3 is 2.20 bits per heavy atom. The second kappa shape index (κ2) is 9.80. The van der Waals surface area contributed by atoms with Gasteiger partial charge in [0.2, 0.25) is 0 Å². The summed E-state index contributed by atoms with van der Waals surface area (Å²) >= 11 is 7.17. The number of phenols is 1. The summed E-state index contributed by atoms with van der Waals surface area (Å²) in [4.78, 5) is 11.5. The Balaban J connectivity index is 2.03. The Labute approximate surface area is 194 Å². The maximum absolute atomic E-state index is 11.5. The van der Waals surface area contributed by atoms with Gasteiger partial charge in [0.25, 0.3) is 0 Å². The minimum atomic E-state index is 0.104. The lowest BCUT2D eigenvalue weighted by Crippen LogP contribution is -2.00. The average Bonchev–Trinajstić information content (AvgIpc) is 2.66. The third kappa shape index (κ3) is 5.52. The second-order valence-corrected chi connectivity index (χ2v) is 9.41. The predicted molar refractivity (Wildman–Crippen MR) is 128 cm³/mol. The topological polar surface area (TPSA) is 46.5 Å². The van der Waals surface area contributed by atoms with Crippen LogP contribution in [0, 0.1) is 0 Å². The van der Waals surface area contributed by atoms with Crippen LogP contribution in [-0.4, -0.2) is 10.9 Å². The molecule has 0 unspecified atom stereocenters. The Kier molecular flexibility index (Phi) is 7.37. The first-order valence-electron chi connectivity index (χ1n) is 9.79. The van der Waals surface area contributed by atoms with Crippen LogP contribution < -0.4 is 4.74 Å². The van der Waals surface area contributed by atoms with Crippen molar-refractivity contribution in [2.45, 2.75) is 39.5 Å². The molecule has 0 fully saturated rings. The predicted octanol–water partition coefficient (Wildman–Crippen LogP) is 7.56. The maximum atomic E-state index is 11.5. The molecule has 0 atom stereocenters. The minimum absolute atomic E-state index is 0.104. The highest BCUT2D eigenvalue weighted by Gasteiger charge is 2.17. The van der Waals surface area contributed by atoms with Crippen molar-refractivity contribution in [1.29, 1.82) is 0 Å². The molecule has 0 aliphatic carbocycles. The number of Topliss-reactive ketones (excluding diaryl/α,β-unsaturated/α-hetero) is 1. The van der Waals surface area contributed by atoms with Gasteiger partial charge < -0.3 is 9.84 Å². The van der Waals surface area contributed by atoms with E-state index in [0.29, 0.717) is 24.3 Å². The summed E-state index contributed by atoms with van der Waals surface area (Å²) in [5.74, 6) is 1.87. The van der Waals surface area contributed by atoms with E-state index in [1.807, 2.05) is 50.2 Å². The van der Waals surface area contributed by atoms with Crippen LogP contribution in [0.1, 0.15) is 48.9 Å². The fourth-order valence-electron chi connectivity index (χ4n) is 3.35. The van der Waals surface area contributed by atoms with Gasteiger partial charge in [-0.2, -0.15) is 0 Å². The van der Waals surface area contributed by atoms with Crippen LogP contribution in [0.15, 0.2) is 63.5 Å². The first-order valence-corrected chi connectivity index (χ1v) is 11.4. The summed E-state index contributed by atoms with van der Waals surface area (Å²) in [6.45, 7) is 5.65. The first kappa shape index (κ1) is 22.6. The van der Waals surface area contributed by atoms with Gasteiger partial charge in [-0.05, 0) is 80.1 Å². The lowest BCUT2D eigenvalue weighted by molar-refractivity contribution is -0.116. The van der Waals surface area contributed by atoms with Crippen LogP contribution >= 0.6 is 31.9 Å². The van der Waals surface area contributed by atoms with Gasteiger partial charge >= 0.3 is 0 Å². The zero-order chi connectivity index (χ0) is 21.8. The summed E-state index contributed by atoms with van der Waals surface area (Å²) in [6.07, 6.45) is 1.01. The molecule has 0 amide bonds. The number of benzene rings is 3. The fourth-order valence-corrected chi connectivity index (χ4v) is 4.79. The summed E-state index contributed by atoms with van der Waals surface area (Å²) in [5.41, 5.74) is 3.78. The van der Waals surface area contributed by atoms with Crippen LogP contribution in [0.25, 0.3) is 0 Å². The highest BCUT2D eigenvalue weighted by molar-refractivity contribution is 9.11. The van der Waals surface area contributed by atoms with E-state index >= 15 is 0 Å². The van der Waals surface area contributed by atoms with Crippen molar-refractivity contribution in [3.63, 3.8) is 0 Å². The quantitative estimate of drug-likeness (QED) is 0.342. The minimum Gasteiger partial charge on any atom is -0.508 e. The third-order valence-corrected chi connectivity index (χ3v) is 5.97. The van der Waals surface area contributed by atoms with E-state index in [9.17, 15) is 9.90 Å². The van der Waals surface area contributed by atoms with Crippen molar-refractivity contribution in [3.8, 4) is 17.2 Å². The summed E-state index contributed by atoms with van der Waals surface area (Å²) in [6, 6.07) is 17.6. The fraction of sp³-hybridized carbons (Fsp3) is 0.240. The van der Waals surface area contributed by atoms with Crippen molar-refractivity contribution in [2.75, 3.05) is 0 Å². The van der Waals surface area contributed by atoms with Crippen LogP contribution in [0.2, 0.25) is 0 Å². The molecule has 0 aliphatic rings. The molecule has 3 aromatic rings. The summed E-state index contributed by atoms with van der Waals surface area (Å²) in [5, 5.41) is 10.6. The van der Waals surface area contributed by atoms with Gasteiger partial charge in [-0.15, -0.1) is 0 Å². The monoisotopic (exact) mass is 530 g/mol. The number of carbonyl (C=O) groups excluding carboxylic acids is 1. The molecule has 0 saturated heterocycles. The summed E-state index contributed by atoms with van der Waals surface area (Å²) < 4.78 is 7.88. The third-order valence-electron chi connectivity index (χ3n) is 4.79. The van der Waals surface area contributed by atoms with Crippen molar-refractivity contribution in [1.82, 2.24) is 0 Å². The molecule has 156 valence electrons. The van der Waals surface area contributed by atoms with Gasteiger partial charge in [-0.3, -0.25) is 4.79 Å². The van der Waals surface area contributed by atoms with E-state index in [4.69, 9.17) is 4.74 Å². The molecule has 3 aromatic carbocycles. The summed E-state index contributed by atoms with van der Waals surface area (Å²) in [7, 11) is 0. The van der Waals surface area contributed by atoms with Crippen LogP contribution in [-0.2, 0) is 17.6 Å². The molecule has 5 heteroatoms. The number of carbonyl (C=O) groups is 1. The number of hydrogen-bond acceptors (Lipinski definition) is 3. The SMILES string of the molecule is CC(=O)Cc1cc(Br)c(Oc2cc(C(C)C)c(O)cc2Cc2ccccc2)c(Br)c1. The van der Waals surface area contributed by atoms with E-state index in [2.05, 4.69) is 44.0 Å². The molecule has 0 heterocycles. The lowest BCUT2D eigenvalue weighted by atomic mass is 9.96. The van der Waals surface area contributed by atoms with E-state index in [1.54, 1.807) is 13.0 Å². The largest absolute Gasteiger partial charge is 0.508 e. The van der Waals surface area contributed by atoms with Gasteiger partial charge in [0.05, 0.1) is 8.95 Å². The molecule has 3 nitrogen and oxygen atoms in total. The molecule has 0 aromatic heterocycles. The number of hydrogen-bond donors (Lipinski definition) is 1. The molecule has 1 N–H and O–H groups in total. The van der Waals surface area contributed by atoms with Gasteiger partial charge in [0.1, 0.15) is 17.3 Å². The lowest BCUT2D eigenvalue weighted by Gasteiger charge is -2.18. The maximum Gasteiger partial charge on any atom is 0.155 e. The number of halogens is 2. The molecule has 0 bridgehead atoms. The van der Waals surface area contributed by atoms with Crippen molar-refractivity contribution >= 4 is 37.6 Å². The average molecular weight is 532 g/mol. The van der Waals surface area contributed by atoms with E-state index in [0.717, 1.165) is 31.2 Å². The highest BCUT2D eigenvalue weighted by atomic mass is 79.9. The number of ketones is 1. The van der Waals surface area contributed by atoms with Crippen molar-refractivity contribution in [3.05, 3.63) is 85.8 Å². The Morgan fingerprint density at radius 2 is 1.63 bits per heavy atom. The highest BCUT2D eigenvalue weighted by Crippen LogP contribution is 2.42. The van der Waals surface area contributed by atoms with Gasteiger partial charge in [-0.1, -0.05) is 44.2 Å². The first-order chi connectivity index (χ1) is 14.2. The molecule has 0 saturated carbocycles. The normalized spacial score (nSPS) is 11.0. The molecule has 0 aliphatic heterocycles. The van der Waals surface area contributed by atoms with Crippen LogP contribution in [0.4, 0.5) is 0 Å².